The van der Waals surface area contributed by atoms with Crippen LogP contribution < -0.4 is 20.1 Å². The van der Waals surface area contributed by atoms with Gasteiger partial charge in [-0.05, 0) is 73.9 Å². The molecule has 2 fully saturated rings. The predicted octanol–water partition coefficient (Wildman–Crippen LogP) is 0.113. The molecular weight excluding hydrogens is 572 g/mol. The summed E-state index contributed by atoms with van der Waals surface area (Å²) in [5.41, 5.74) is 0.242. The molecular formula is C30H30ClO11-3. The molecule has 2 aromatic carbocycles. The standard InChI is InChI=1S/C30H33ClO11/c1-3-39-21-7-4-18(5-8-21)10-19-11-20(6-9-25(19)31)30-24(14-28(37)38)22(12-26(33)34)23(13-27(35)36)29(42-30,16-41-30)15-40-17(2)32/h4-9,11,22-24H,3,10,12-16H2,1-2H3,(H,33,34)(H,35,36)(H,37,38)/p-3/t22-,23-,24+,29-,30+/m0/s1. The van der Waals surface area contributed by atoms with Crippen molar-refractivity contribution in [3.63, 3.8) is 0 Å². The second kappa shape index (κ2) is 12.7. The number of carboxylic acids is 3. The van der Waals surface area contributed by atoms with Crippen LogP contribution in [-0.2, 0) is 45.6 Å². The fourth-order valence-electron chi connectivity index (χ4n) is 6.14. The molecule has 0 amide bonds. The SMILES string of the molecule is CCOc1ccc(Cc2cc([C@@]34OC[C@](COC(C)=O)(O3)[C@@H](CC(=O)[O-])[C@H](CC(=O)[O-])[C@H]4CC(=O)[O-])ccc2Cl)cc1. The number of rotatable bonds is 13. The second-order valence-electron chi connectivity index (χ2n) is 10.6. The highest BCUT2D eigenvalue weighted by Gasteiger charge is 2.67. The summed E-state index contributed by atoms with van der Waals surface area (Å²) >= 11 is 6.55. The Morgan fingerprint density at radius 1 is 0.952 bits per heavy atom. The maximum atomic E-state index is 12.0. The summed E-state index contributed by atoms with van der Waals surface area (Å²) in [5, 5.41) is 36.1. The summed E-state index contributed by atoms with van der Waals surface area (Å²) in [6.07, 6.45) is -1.76. The monoisotopic (exact) mass is 601 g/mol. The van der Waals surface area contributed by atoms with Crippen LogP contribution in [0.5, 0.6) is 5.75 Å². The van der Waals surface area contributed by atoms with Crippen molar-refractivity contribution < 1.29 is 53.4 Å². The molecule has 2 aliphatic rings. The van der Waals surface area contributed by atoms with E-state index in [0.29, 0.717) is 34.9 Å². The van der Waals surface area contributed by atoms with Gasteiger partial charge in [-0.15, -0.1) is 0 Å². The number of hydrogen-bond donors (Lipinski definition) is 0. The van der Waals surface area contributed by atoms with Gasteiger partial charge in [0.25, 0.3) is 0 Å². The van der Waals surface area contributed by atoms with Gasteiger partial charge in [-0.2, -0.15) is 0 Å². The molecule has 2 bridgehead atoms. The number of ether oxygens (including phenoxy) is 4. The van der Waals surface area contributed by atoms with Crippen molar-refractivity contribution in [3.8, 4) is 5.75 Å². The summed E-state index contributed by atoms with van der Waals surface area (Å²) in [6, 6.07) is 12.2. The van der Waals surface area contributed by atoms with Crippen molar-refractivity contribution in [3.05, 3.63) is 64.2 Å². The second-order valence-corrected chi connectivity index (χ2v) is 11.0. The van der Waals surface area contributed by atoms with Crippen LogP contribution in [-0.4, -0.2) is 49.3 Å². The number of carbonyl (C=O) groups excluding carboxylic acids is 4. The van der Waals surface area contributed by atoms with E-state index >= 15 is 0 Å². The normalized spacial score (nSPS) is 26.4. The van der Waals surface area contributed by atoms with Gasteiger partial charge in [0, 0.05) is 47.3 Å². The zero-order valence-corrected chi connectivity index (χ0v) is 23.8. The van der Waals surface area contributed by atoms with Crippen LogP contribution in [0.1, 0.15) is 49.8 Å². The fourth-order valence-corrected chi connectivity index (χ4v) is 6.33. The first kappa shape index (κ1) is 31.3. The Kier molecular flexibility index (Phi) is 9.44. The minimum absolute atomic E-state index is 0.317. The Labute approximate surface area is 247 Å². The Hall–Kier alpha value is -3.67. The van der Waals surface area contributed by atoms with Gasteiger partial charge in [0.15, 0.2) is 5.79 Å². The molecule has 226 valence electrons. The average Bonchev–Trinajstić information content (AvgIpc) is 3.28. The summed E-state index contributed by atoms with van der Waals surface area (Å²) in [5.74, 6) is -9.95. The van der Waals surface area contributed by atoms with E-state index < -0.39 is 78.9 Å². The van der Waals surface area contributed by atoms with Gasteiger partial charge in [-0.3, -0.25) is 4.79 Å². The van der Waals surface area contributed by atoms with Crippen LogP contribution in [0, 0.1) is 17.8 Å². The number of aliphatic carboxylic acids is 3. The van der Waals surface area contributed by atoms with E-state index in [-0.39, 0.29) is 6.61 Å². The van der Waals surface area contributed by atoms with Gasteiger partial charge in [0.2, 0.25) is 0 Å². The Morgan fingerprint density at radius 3 is 2.19 bits per heavy atom. The van der Waals surface area contributed by atoms with E-state index in [1.54, 1.807) is 18.2 Å². The van der Waals surface area contributed by atoms with E-state index in [0.717, 1.165) is 12.5 Å². The zero-order chi connectivity index (χ0) is 30.7. The van der Waals surface area contributed by atoms with Crippen LogP contribution in [0.25, 0.3) is 0 Å². The van der Waals surface area contributed by atoms with Crippen LogP contribution in [0.4, 0.5) is 0 Å². The molecule has 12 heteroatoms. The fraction of sp³-hybridized carbons (Fsp3) is 0.467. The van der Waals surface area contributed by atoms with Gasteiger partial charge in [-0.1, -0.05) is 29.8 Å². The van der Waals surface area contributed by atoms with E-state index in [1.807, 2.05) is 31.2 Å². The summed E-state index contributed by atoms with van der Waals surface area (Å²) in [7, 11) is 0. The minimum atomic E-state index is -1.86. The number of carbonyl (C=O) groups is 4. The van der Waals surface area contributed by atoms with Crippen LogP contribution in [0.3, 0.4) is 0 Å². The molecule has 0 saturated carbocycles. The van der Waals surface area contributed by atoms with E-state index in [4.69, 9.17) is 30.5 Å². The average molecular weight is 602 g/mol. The smallest absolute Gasteiger partial charge is 0.302 e. The van der Waals surface area contributed by atoms with Crippen LogP contribution in [0.15, 0.2) is 42.5 Å². The first-order valence-corrected chi connectivity index (χ1v) is 13.8. The Balaban J connectivity index is 1.82. The van der Waals surface area contributed by atoms with Crippen molar-refractivity contribution >= 4 is 35.5 Å². The van der Waals surface area contributed by atoms with Crippen molar-refractivity contribution in [2.45, 2.75) is 50.9 Å². The third-order valence-corrected chi connectivity index (χ3v) is 8.22. The van der Waals surface area contributed by atoms with E-state index in [2.05, 4.69) is 0 Å². The molecule has 0 unspecified atom stereocenters. The Bertz CT molecular complexity index is 1340. The number of halogens is 1. The van der Waals surface area contributed by atoms with Crippen LogP contribution >= 0.6 is 11.6 Å². The molecule has 5 atom stereocenters. The van der Waals surface area contributed by atoms with Gasteiger partial charge < -0.3 is 48.7 Å². The molecule has 2 heterocycles. The van der Waals surface area contributed by atoms with Crippen LogP contribution in [0.2, 0.25) is 5.02 Å². The highest BCUT2D eigenvalue weighted by molar-refractivity contribution is 6.31. The molecule has 2 aromatic rings. The third-order valence-electron chi connectivity index (χ3n) is 7.86. The van der Waals surface area contributed by atoms with Gasteiger partial charge in [-0.25, -0.2) is 0 Å². The Morgan fingerprint density at radius 2 is 1.60 bits per heavy atom. The maximum absolute atomic E-state index is 12.0. The predicted molar refractivity (Wildman–Crippen MR) is 139 cm³/mol. The lowest BCUT2D eigenvalue weighted by Gasteiger charge is -2.52. The molecule has 0 radical (unpaired) electrons. The number of esters is 1. The lowest BCUT2D eigenvalue weighted by Crippen LogP contribution is -2.60. The number of fused-ring (bicyclic) bond motifs is 2. The topological polar surface area (TPSA) is 174 Å². The molecule has 0 aliphatic carbocycles. The highest BCUT2D eigenvalue weighted by Crippen LogP contribution is 2.60. The number of hydrogen-bond acceptors (Lipinski definition) is 11. The quantitative estimate of drug-likeness (QED) is 0.285. The number of carboxylic acid groups (broad SMARTS) is 3. The summed E-state index contributed by atoms with van der Waals surface area (Å²) < 4.78 is 23.4. The lowest BCUT2D eigenvalue weighted by atomic mass is 9.64. The zero-order valence-electron chi connectivity index (χ0n) is 23.1. The molecule has 4 rings (SSSR count). The summed E-state index contributed by atoms with van der Waals surface area (Å²) in [4.78, 5) is 47.5. The molecule has 11 nitrogen and oxygen atoms in total. The molecule has 0 spiro atoms. The van der Waals surface area contributed by atoms with Crippen molar-refractivity contribution in [1.29, 1.82) is 0 Å². The van der Waals surface area contributed by atoms with E-state index in [9.17, 15) is 34.5 Å². The van der Waals surface area contributed by atoms with Crippen molar-refractivity contribution in [1.82, 2.24) is 0 Å². The molecule has 0 aromatic heterocycles. The van der Waals surface area contributed by atoms with Crippen molar-refractivity contribution in [2.24, 2.45) is 17.8 Å². The molecule has 42 heavy (non-hydrogen) atoms. The number of benzene rings is 2. The summed E-state index contributed by atoms with van der Waals surface area (Å²) in [6.45, 7) is 2.77. The van der Waals surface area contributed by atoms with Gasteiger partial charge in [0.1, 0.15) is 18.0 Å². The van der Waals surface area contributed by atoms with Gasteiger partial charge in [0.05, 0.1) is 13.2 Å². The largest absolute Gasteiger partial charge is 0.550 e. The molecule has 2 saturated heterocycles. The first-order chi connectivity index (χ1) is 19.9. The lowest BCUT2D eigenvalue weighted by molar-refractivity contribution is -0.335. The maximum Gasteiger partial charge on any atom is 0.302 e. The third kappa shape index (κ3) is 6.53. The molecule has 2 aliphatic heterocycles. The minimum Gasteiger partial charge on any atom is -0.550 e. The highest BCUT2D eigenvalue weighted by atomic mass is 35.5. The van der Waals surface area contributed by atoms with E-state index in [1.165, 1.54) is 0 Å². The van der Waals surface area contributed by atoms with Crippen molar-refractivity contribution in [2.75, 3.05) is 19.8 Å². The van der Waals surface area contributed by atoms with Gasteiger partial charge >= 0.3 is 5.97 Å². The molecule has 0 N–H and O–H groups in total. The first-order valence-electron chi connectivity index (χ1n) is 13.5.